The molecule has 0 rings (SSSR count). The Hall–Kier alpha value is -1.61. The Bertz CT molecular complexity index is 435. The molecule has 0 aromatic carbocycles. The van der Waals surface area contributed by atoms with Gasteiger partial charge in [0.2, 0.25) is 5.91 Å². The van der Waals surface area contributed by atoms with Crippen LogP contribution in [0.4, 0.5) is 0 Å². The number of unbranched alkanes of at least 4 members (excludes halogenated alkanes) is 4. The summed E-state index contributed by atoms with van der Waals surface area (Å²) in [6.07, 6.45) is 28.0. The third kappa shape index (κ3) is 18.7. The number of hydrogen-bond acceptors (Lipinski definition) is 2. The first kappa shape index (κ1) is 24.4. The molecule has 0 bridgehead atoms. The van der Waals surface area contributed by atoms with Gasteiger partial charge in [-0.2, -0.15) is 0 Å². The van der Waals surface area contributed by atoms with Crippen molar-refractivity contribution in [2.75, 3.05) is 6.61 Å². The predicted octanol–water partition coefficient (Wildman–Crippen LogP) is 5.63. The largest absolute Gasteiger partial charge is 0.394 e. The number of aliphatic hydroxyl groups excluding tert-OH is 1. The van der Waals surface area contributed by atoms with E-state index in [1.54, 1.807) is 6.92 Å². The van der Waals surface area contributed by atoms with Crippen LogP contribution >= 0.6 is 0 Å². The second-order valence-electron chi connectivity index (χ2n) is 6.63. The van der Waals surface area contributed by atoms with Crippen LogP contribution in [0.1, 0.15) is 78.1 Å². The van der Waals surface area contributed by atoms with Crippen molar-refractivity contribution in [1.82, 2.24) is 5.32 Å². The Labute approximate surface area is 161 Å². The first-order chi connectivity index (χ1) is 12.7. The minimum Gasteiger partial charge on any atom is -0.394 e. The fraction of sp³-hybridized carbons (Fsp3) is 0.609. The van der Waals surface area contributed by atoms with E-state index in [1.165, 1.54) is 25.7 Å². The molecule has 0 saturated carbocycles. The number of allylic oxidation sites excluding steroid dienone is 8. The fourth-order valence-corrected chi connectivity index (χ4v) is 2.33. The minimum absolute atomic E-state index is 0.0110. The van der Waals surface area contributed by atoms with E-state index in [0.29, 0.717) is 6.42 Å². The van der Waals surface area contributed by atoms with Crippen LogP contribution in [0.25, 0.3) is 0 Å². The number of carbonyl (C=O) groups is 1. The Balaban J connectivity index is 3.50. The van der Waals surface area contributed by atoms with Gasteiger partial charge in [-0.15, -0.1) is 0 Å². The van der Waals surface area contributed by atoms with Gasteiger partial charge in [-0.1, -0.05) is 68.4 Å². The highest BCUT2D eigenvalue weighted by atomic mass is 16.3. The predicted molar refractivity (Wildman–Crippen MR) is 113 cm³/mol. The SMILES string of the molecule is CCCCC/C=C/C/C=C/C/C=C\C/C=C/CCCC(=O)N[C@H](C)CO. The maximum absolute atomic E-state index is 11.5. The summed E-state index contributed by atoms with van der Waals surface area (Å²) < 4.78 is 0. The molecule has 3 heteroatoms. The highest BCUT2D eigenvalue weighted by Gasteiger charge is 2.04. The van der Waals surface area contributed by atoms with Gasteiger partial charge < -0.3 is 10.4 Å². The van der Waals surface area contributed by atoms with Gasteiger partial charge in [0.1, 0.15) is 0 Å². The van der Waals surface area contributed by atoms with E-state index in [2.05, 4.69) is 60.8 Å². The molecule has 0 aromatic rings. The lowest BCUT2D eigenvalue weighted by molar-refractivity contribution is -0.122. The van der Waals surface area contributed by atoms with Gasteiger partial charge in [-0.3, -0.25) is 4.79 Å². The van der Waals surface area contributed by atoms with Gasteiger partial charge in [0, 0.05) is 12.5 Å². The Kier molecular flexibility index (Phi) is 18.5. The van der Waals surface area contributed by atoms with Crippen molar-refractivity contribution in [2.45, 2.75) is 84.1 Å². The van der Waals surface area contributed by atoms with Crippen LogP contribution in [0.3, 0.4) is 0 Å². The van der Waals surface area contributed by atoms with Gasteiger partial charge in [0.05, 0.1) is 6.61 Å². The number of nitrogens with one attached hydrogen (secondary N) is 1. The first-order valence-corrected chi connectivity index (χ1v) is 10.2. The van der Waals surface area contributed by atoms with Crippen molar-refractivity contribution < 1.29 is 9.90 Å². The molecule has 0 aliphatic carbocycles. The van der Waals surface area contributed by atoms with Crippen LogP contribution in [0.2, 0.25) is 0 Å². The molecule has 0 saturated heterocycles. The average molecular weight is 362 g/mol. The standard InChI is InChI=1S/C23H39NO2/c1-3-4-5-6-7-8-9-10-11-12-13-14-15-16-17-18-19-20-23(26)24-22(2)21-25/h7-8,10-11,13-14,16-17,22,25H,3-6,9,12,15,18-21H2,1-2H3,(H,24,26)/b8-7+,11-10+,14-13-,17-16+/t22-/m1/s1. The Morgan fingerprint density at radius 1 is 0.846 bits per heavy atom. The monoisotopic (exact) mass is 361 g/mol. The molecular formula is C23H39NO2. The lowest BCUT2D eigenvalue weighted by Crippen LogP contribution is -2.34. The maximum atomic E-state index is 11.5. The highest BCUT2D eigenvalue weighted by molar-refractivity contribution is 5.76. The summed E-state index contributed by atoms with van der Waals surface area (Å²) in [6, 6.07) is -0.154. The number of hydrogen-bond donors (Lipinski definition) is 2. The zero-order valence-corrected chi connectivity index (χ0v) is 16.8. The third-order valence-electron chi connectivity index (χ3n) is 3.91. The molecule has 0 radical (unpaired) electrons. The molecule has 0 aromatic heterocycles. The van der Waals surface area contributed by atoms with Crippen molar-refractivity contribution in [3.63, 3.8) is 0 Å². The normalized spacial score (nSPS) is 13.5. The second kappa shape index (κ2) is 19.7. The van der Waals surface area contributed by atoms with Crippen molar-refractivity contribution in [1.29, 1.82) is 0 Å². The molecule has 1 amide bonds. The summed E-state index contributed by atoms with van der Waals surface area (Å²) in [5.41, 5.74) is 0. The topological polar surface area (TPSA) is 49.3 Å². The van der Waals surface area contributed by atoms with Crippen molar-refractivity contribution in [2.24, 2.45) is 0 Å². The zero-order valence-electron chi connectivity index (χ0n) is 16.8. The van der Waals surface area contributed by atoms with Gasteiger partial charge in [0.25, 0.3) is 0 Å². The van der Waals surface area contributed by atoms with Crippen LogP contribution in [0, 0.1) is 0 Å². The molecule has 3 nitrogen and oxygen atoms in total. The van der Waals surface area contributed by atoms with Crippen LogP contribution < -0.4 is 5.32 Å². The quantitative estimate of drug-likeness (QED) is 0.276. The van der Waals surface area contributed by atoms with E-state index >= 15 is 0 Å². The van der Waals surface area contributed by atoms with E-state index in [0.717, 1.165) is 32.1 Å². The number of carbonyl (C=O) groups excluding carboxylic acids is 1. The zero-order chi connectivity index (χ0) is 19.3. The summed E-state index contributed by atoms with van der Waals surface area (Å²) in [6.45, 7) is 4.02. The first-order valence-electron chi connectivity index (χ1n) is 10.2. The smallest absolute Gasteiger partial charge is 0.220 e. The second-order valence-corrected chi connectivity index (χ2v) is 6.63. The van der Waals surface area contributed by atoms with E-state index in [1.807, 2.05) is 0 Å². The molecule has 0 aliphatic heterocycles. The Morgan fingerprint density at radius 2 is 1.35 bits per heavy atom. The molecular weight excluding hydrogens is 322 g/mol. The van der Waals surface area contributed by atoms with Crippen LogP contribution in [-0.4, -0.2) is 23.7 Å². The van der Waals surface area contributed by atoms with Gasteiger partial charge in [-0.05, 0) is 51.9 Å². The molecule has 2 N–H and O–H groups in total. The molecule has 1 atom stereocenters. The average Bonchev–Trinajstić information content (AvgIpc) is 2.64. The minimum atomic E-state index is -0.154. The summed E-state index contributed by atoms with van der Waals surface area (Å²) in [5.74, 6) is 0.0161. The number of aliphatic hydroxyl groups is 1. The maximum Gasteiger partial charge on any atom is 0.220 e. The van der Waals surface area contributed by atoms with E-state index in [-0.39, 0.29) is 18.6 Å². The molecule has 0 aliphatic rings. The molecule has 148 valence electrons. The lowest BCUT2D eigenvalue weighted by atomic mass is 10.2. The van der Waals surface area contributed by atoms with Crippen molar-refractivity contribution >= 4 is 5.91 Å². The third-order valence-corrected chi connectivity index (χ3v) is 3.91. The van der Waals surface area contributed by atoms with Crippen molar-refractivity contribution in [3.05, 3.63) is 48.6 Å². The summed E-state index contributed by atoms with van der Waals surface area (Å²) in [4.78, 5) is 11.5. The van der Waals surface area contributed by atoms with Gasteiger partial charge in [-0.25, -0.2) is 0 Å². The lowest BCUT2D eigenvalue weighted by Gasteiger charge is -2.09. The number of amides is 1. The Morgan fingerprint density at radius 3 is 1.85 bits per heavy atom. The molecule has 0 spiro atoms. The summed E-state index contributed by atoms with van der Waals surface area (Å²) in [7, 11) is 0. The fourth-order valence-electron chi connectivity index (χ4n) is 2.33. The molecule has 0 fully saturated rings. The van der Waals surface area contributed by atoms with E-state index < -0.39 is 0 Å². The van der Waals surface area contributed by atoms with Crippen LogP contribution in [0.15, 0.2) is 48.6 Å². The summed E-state index contributed by atoms with van der Waals surface area (Å²) in [5, 5.41) is 11.6. The highest BCUT2D eigenvalue weighted by Crippen LogP contribution is 2.01. The van der Waals surface area contributed by atoms with Crippen LogP contribution in [-0.2, 0) is 4.79 Å². The molecule has 0 heterocycles. The van der Waals surface area contributed by atoms with Crippen molar-refractivity contribution in [3.8, 4) is 0 Å². The van der Waals surface area contributed by atoms with Gasteiger partial charge in [0.15, 0.2) is 0 Å². The van der Waals surface area contributed by atoms with E-state index in [9.17, 15) is 4.79 Å². The summed E-state index contributed by atoms with van der Waals surface area (Å²) >= 11 is 0. The number of rotatable bonds is 16. The molecule has 26 heavy (non-hydrogen) atoms. The van der Waals surface area contributed by atoms with E-state index in [4.69, 9.17) is 5.11 Å². The van der Waals surface area contributed by atoms with Gasteiger partial charge >= 0.3 is 0 Å². The molecule has 0 unspecified atom stereocenters. The van der Waals surface area contributed by atoms with Crippen LogP contribution in [0.5, 0.6) is 0 Å².